The van der Waals surface area contributed by atoms with Gasteiger partial charge in [-0.05, 0) is 30.2 Å². The van der Waals surface area contributed by atoms with E-state index in [1.807, 2.05) is 17.0 Å². The van der Waals surface area contributed by atoms with Gasteiger partial charge in [-0.15, -0.1) is 0 Å². The SMILES string of the molecule is O=C1CCCN1Cc1ccc(-c2nn(-c3c(F)cccc3F)c3cc[nH]c(=O)c23)cc1. The van der Waals surface area contributed by atoms with Gasteiger partial charge in [0.05, 0.1) is 10.9 Å². The number of amides is 1. The number of pyridine rings is 1. The fourth-order valence-electron chi connectivity index (χ4n) is 4.00. The van der Waals surface area contributed by atoms with Crippen LogP contribution in [-0.2, 0) is 11.3 Å². The van der Waals surface area contributed by atoms with Crippen molar-refractivity contribution in [1.82, 2.24) is 19.7 Å². The van der Waals surface area contributed by atoms with Crippen molar-refractivity contribution >= 4 is 16.8 Å². The summed E-state index contributed by atoms with van der Waals surface area (Å²) in [5, 5.41) is 4.65. The summed E-state index contributed by atoms with van der Waals surface area (Å²) in [7, 11) is 0. The van der Waals surface area contributed by atoms with Crippen molar-refractivity contribution in [2.45, 2.75) is 19.4 Å². The van der Waals surface area contributed by atoms with Gasteiger partial charge in [0.1, 0.15) is 11.4 Å². The Kier molecular flexibility index (Phi) is 4.62. The minimum Gasteiger partial charge on any atom is -0.338 e. The van der Waals surface area contributed by atoms with Crippen molar-refractivity contribution in [2.75, 3.05) is 6.54 Å². The second-order valence-corrected chi connectivity index (χ2v) is 7.51. The highest BCUT2D eigenvalue weighted by Gasteiger charge is 2.22. The summed E-state index contributed by atoms with van der Waals surface area (Å²) >= 11 is 0. The topological polar surface area (TPSA) is 71.0 Å². The highest BCUT2D eigenvalue weighted by Crippen LogP contribution is 2.29. The Morgan fingerprint density at radius 1 is 1.00 bits per heavy atom. The first-order chi connectivity index (χ1) is 15.0. The summed E-state index contributed by atoms with van der Waals surface area (Å²) in [4.78, 5) is 28.8. The number of H-pyrrole nitrogens is 1. The van der Waals surface area contributed by atoms with E-state index in [9.17, 15) is 18.4 Å². The van der Waals surface area contributed by atoms with Gasteiger partial charge < -0.3 is 9.88 Å². The number of hydrogen-bond donors (Lipinski definition) is 1. The van der Waals surface area contributed by atoms with Crippen LogP contribution in [0.4, 0.5) is 8.78 Å². The molecule has 0 unspecified atom stereocenters. The average Bonchev–Trinajstić information content (AvgIpc) is 3.33. The van der Waals surface area contributed by atoms with Crippen LogP contribution in [0.1, 0.15) is 18.4 Å². The minimum atomic E-state index is -0.776. The monoisotopic (exact) mass is 420 g/mol. The van der Waals surface area contributed by atoms with E-state index >= 15 is 0 Å². The van der Waals surface area contributed by atoms with E-state index < -0.39 is 17.2 Å². The van der Waals surface area contributed by atoms with Gasteiger partial charge in [-0.2, -0.15) is 5.10 Å². The molecule has 6 nitrogen and oxygen atoms in total. The number of para-hydroxylation sites is 1. The van der Waals surface area contributed by atoms with Gasteiger partial charge in [0.2, 0.25) is 5.91 Å². The van der Waals surface area contributed by atoms with Gasteiger partial charge in [0.15, 0.2) is 11.6 Å². The van der Waals surface area contributed by atoms with Crippen molar-refractivity contribution in [1.29, 1.82) is 0 Å². The Bertz CT molecular complexity index is 1340. The molecule has 31 heavy (non-hydrogen) atoms. The molecule has 1 aliphatic heterocycles. The third-order valence-electron chi connectivity index (χ3n) is 5.53. The molecule has 0 radical (unpaired) electrons. The van der Waals surface area contributed by atoms with Gasteiger partial charge in [0, 0.05) is 31.3 Å². The molecule has 5 rings (SSSR count). The lowest BCUT2D eigenvalue weighted by molar-refractivity contribution is -0.128. The van der Waals surface area contributed by atoms with E-state index in [2.05, 4.69) is 10.1 Å². The van der Waals surface area contributed by atoms with Crippen LogP contribution in [0.3, 0.4) is 0 Å². The first-order valence-electron chi connectivity index (χ1n) is 9.95. The van der Waals surface area contributed by atoms with E-state index in [4.69, 9.17) is 0 Å². The van der Waals surface area contributed by atoms with Gasteiger partial charge in [-0.3, -0.25) is 9.59 Å². The number of aromatic nitrogens is 3. The number of rotatable bonds is 4. The maximum absolute atomic E-state index is 14.4. The molecule has 4 aromatic rings. The number of fused-ring (bicyclic) bond motifs is 1. The molecule has 156 valence electrons. The Hall–Kier alpha value is -3.81. The number of likely N-dealkylation sites (tertiary alicyclic amines) is 1. The summed E-state index contributed by atoms with van der Waals surface area (Å²) in [5.41, 5.74) is 1.47. The number of carbonyl (C=O) groups excluding carboxylic acids is 1. The molecule has 1 saturated heterocycles. The highest BCUT2D eigenvalue weighted by atomic mass is 19.1. The van der Waals surface area contributed by atoms with E-state index in [1.54, 1.807) is 18.2 Å². The number of nitrogens with zero attached hydrogens (tertiary/aromatic N) is 3. The van der Waals surface area contributed by atoms with Gasteiger partial charge in [-0.25, -0.2) is 13.5 Å². The van der Waals surface area contributed by atoms with Crippen LogP contribution in [0.25, 0.3) is 27.8 Å². The number of halogens is 2. The first kappa shape index (κ1) is 19.2. The Balaban J connectivity index is 1.61. The van der Waals surface area contributed by atoms with E-state index in [-0.39, 0.29) is 17.0 Å². The van der Waals surface area contributed by atoms with Crippen LogP contribution in [0.2, 0.25) is 0 Å². The van der Waals surface area contributed by atoms with Gasteiger partial charge >= 0.3 is 0 Å². The zero-order valence-corrected chi connectivity index (χ0v) is 16.4. The molecule has 0 aliphatic carbocycles. The molecule has 1 aliphatic rings. The fourth-order valence-corrected chi connectivity index (χ4v) is 4.00. The van der Waals surface area contributed by atoms with Crippen molar-refractivity contribution in [3.05, 3.63) is 82.3 Å². The number of hydrogen-bond acceptors (Lipinski definition) is 3. The standard InChI is InChI=1S/C23H18F2N4O2/c24-16-3-1-4-17(25)22(16)29-18-10-11-26-23(31)20(18)21(27-29)15-8-6-14(7-9-15)13-28-12-2-5-19(28)30/h1,3-4,6-11H,2,5,12-13H2,(H,26,31). The van der Waals surface area contributed by atoms with Crippen LogP contribution in [0, 0.1) is 11.6 Å². The van der Waals surface area contributed by atoms with E-state index in [1.165, 1.54) is 12.3 Å². The molecule has 3 heterocycles. The van der Waals surface area contributed by atoms with E-state index in [0.717, 1.165) is 35.3 Å². The molecule has 2 aromatic heterocycles. The molecule has 0 atom stereocenters. The first-order valence-corrected chi connectivity index (χ1v) is 9.95. The number of carbonyl (C=O) groups is 1. The summed E-state index contributed by atoms with van der Waals surface area (Å²) in [6.07, 6.45) is 2.87. The molecule has 0 saturated carbocycles. The lowest BCUT2D eigenvalue weighted by atomic mass is 10.1. The van der Waals surface area contributed by atoms with Crippen LogP contribution >= 0.6 is 0 Å². The third kappa shape index (κ3) is 3.30. The number of aromatic amines is 1. The molecule has 1 fully saturated rings. The summed E-state index contributed by atoms with van der Waals surface area (Å²) in [6, 6.07) is 12.5. The summed E-state index contributed by atoms with van der Waals surface area (Å²) < 4.78 is 30.0. The van der Waals surface area contributed by atoms with Crippen LogP contribution in [0.15, 0.2) is 59.5 Å². The van der Waals surface area contributed by atoms with Crippen molar-refractivity contribution < 1.29 is 13.6 Å². The molecule has 1 amide bonds. The number of nitrogens with one attached hydrogen (secondary N) is 1. The average molecular weight is 420 g/mol. The lowest BCUT2D eigenvalue weighted by Gasteiger charge is -2.15. The van der Waals surface area contributed by atoms with Crippen LogP contribution < -0.4 is 5.56 Å². The predicted octanol–water partition coefficient (Wildman–Crippen LogP) is 3.78. The zero-order chi connectivity index (χ0) is 21.5. The molecular formula is C23H18F2N4O2. The lowest BCUT2D eigenvalue weighted by Crippen LogP contribution is -2.23. The van der Waals surface area contributed by atoms with Crippen molar-refractivity contribution in [2.24, 2.45) is 0 Å². The zero-order valence-electron chi connectivity index (χ0n) is 16.4. The van der Waals surface area contributed by atoms with Crippen molar-refractivity contribution in [3.63, 3.8) is 0 Å². The molecule has 8 heteroatoms. The largest absolute Gasteiger partial charge is 0.338 e. The molecular weight excluding hydrogens is 402 g/mol. The summed E-state index contributed by atoms with van der Waals surface area (Å²) in [5.74, 6) is -1.41. The Morgan fingerprint density at radius 3 is 2.42 bits per heavy atom. The van der Waals surface area contributed by atoms with Crippen LogP contribution in [-0.4, -0.2) is 32.1 Å². The van der Waals surface area contributed by atoms with Gasteiger partial charge in [-0.1, -0.05) is 30.3 Å². The number of benzene rings is 2. The normalized spacial score (nSPS) is 14.0. The summed E-state index contributed by atoms with van der Waals surface area (Å²) in [6.45, 7) is 1.27. The molecule has 0 bridgehead atoms. The maximum atomic E-state index is 14.4. The molecule has 0 spiro atoms. The van der Waals surface area contributed by atoms with Gasteiger partial charge in [0.25, 0.3) is 5.56 Å². The predicted molar refractivity (Wildman–Crippen MR) is 112 cm³/mol. The molecule has 2 aromatic carbocycles. The fraction of sp³-hybridized carbons (Fsp3) is 0.174. The van der Waals surface area contributed by atoms with Crippen LogP contribution in [0.5, 0.6) is 0 Å². The highest BCUT2D eigenvalue weighted by molar-refractivity contribution is 5.93. The quantitative estimate of drug-likeness (QED) is 0.546. The third-order valence-corrected chi connectivity index (χ3v) is 5.53. The van der Waals surface area contributed by atoms with Crippen molar-refractivity contribution in [3.8, 4) is 16.9 Å². The minimum absolute atomic E-state index is 0.146. The Morgan fingerprint density at radius 2 is 1.74 bits per heavy atom. The molecule has 1 N–H and O–H groups in total. The van der Waals surface area contributed by atoms with E-state index in [0.29, 0.717) is 29.7 Å². The smallest absolute Gasteiger partial charge is 0.259 e. The maximum Gasteiger partial charge on any atom is 0.259 e. The second kappa shape index (κ2) is 7.46. The second-order valence-electron chi connectivity index (χ2n) is 7.51. The Labute approximate surface area is 175 Å².